The van der Waals surface area contributed by atoms with Crippen molar-refractivity contribution in [1.82, 2.24) is 0 Å². The summed E-state index contributed by atoms with van der Waals surface area (Å²) in [4.78, 5) is 27.6. The lowest BCUT2D eigenvalue weighted by Gasteiger charge is -2.15. The van der Waals surface area contributed by atoms with Gasteiger partial charge in [0.25, 0.3) is 0 Å². The van der Waals surface area contributed by atoms with Crippen molar-refractivity contribution < 1.29 is 14.7 Å². The van der Waals surface area contributed by atoms with Gasteiger partial charge in [0.1, 0.15) is 0 Å². The maximum Gasteiger partial charge on any atom is 0.335 e. The number of hydrogen-bond donors (Lipinski definition) is 1. The topological polar surface area (TPSA) is 66.7 Å². The highest BCUT2D eigenvalue weighted by Crippen LogP contribution is 2.28. The van der Waals surface area contributed by atoms with E-state index >= 15 is 0 Å². The maximum atomic E-state index is 12.2. The summed E-state index contributed by atoms with van der Waals surface area (Å²) in [7, 11) is 0. The molecule has 0 spiro atoms. The summed E-state index contributed by atoms with van der Waals surface area (Å²) >= 11 is 0. The molecule has 2 aromatic carbocycles. The van der Waals surface area contributed by atoms with Gasteiger partial charge in [-0.25, -0.2) is 4.79 Å². The zero-order chi connectivity index (χ0) is 14.1. The summed E-state index contributed by atoms with van der Waals surface area (Å²) < 4.78 is 0. The van der Waals surface area contributed by atoms with Gasteiger partial charge < -0.3 is 5.11 Å². The third kappa shape index (κ3) is 2.12. The number of aromatic carboxylic acids is 1. The van der Waals surface area contributed by atoms with Gasteiger partial charge in [0.05, 0.1) is 23.4 Å². The van der Waals surface area contributed by atoms with Crippen molar-refractivity contribution >= 4 is 23.2 Å². The molecule has 3 rings (SSSR count). The van der Waals surface area contributed by atoms with Gasteiger partial charge in [0, 0.05) is 5.56 Å². The molecule has 1 N–H and O–H groups in total. The molecule has 1 heterocycles. The van der Waals surface area contributed by atoms with Crippen LogP contribution in [0.2, 0.25) is 0 Å². The molecule has 1 aliphatic rings. The fraction of sp³-hybridized carbons (Fsp3) is 0.0625. The summed E-state index contributed by atoms with van der Waals surface area (Å²) in [6, 6.07) is 13.9. The molecule has 4 heteroatoms. The van der Waals surface area contributed by atoms with Gasteiger partial charge in [0.2, 0.25) is 0 Å². The molecule has 0 atom stereocenters. The Morgan fingerprint density at radius 3 is 2.55 bits per heavy atom. The second-order valence-electron chi connectivity index (χ2n) is 4.56. The van der Waals surface area contributed by atoms with Crippen LogP contribution in [-0.4, -0.2) is 22.6 Å². The molecule has 0 saturated carbocycles. The van der Waals surface area contributed by atoms with Crippen LogP contribution in [0.1, 0.15) is 32.7 Å². The number of carbonyl (C=O) groups is 2. The lowest BCUT2D eigenvalue weighted by molar-refractivity contribution is 0.0697. The average molecular weight is 265 g/mol. The molecular weight excluding hydrogens is 254 g/mol. The van der Waals surface area contributed by atoms with Crippen LogP contribution in [0.4, 0.5) is 5.69 Å². The van der Waals surface area contributed by atoms with Crippen molar-refractivity contribution in [1.29, 1.82) is 0 Å². The van der Waals surface area contributed by atoms with E-state index < -0.39 is 5.97 Å². The fourth-order valence-electron chi connectivity index (χ4n) is 2.22. The standard InChI is InChI=1S/C16H11NO3/c18-15-9-14(10-4-2-1-3-5-10)17-13-7-6-11(16(19)20)8-12(13)15/h1-8H,9H2,(H,19,20). The number of ketones is 1. The van der Waals surface area contributed by atoms with Gasteiger partial charge in [-0.2, -0.15) is 0 Å². The first-order chi connectivity index (χ1) is 9.65. The number of rotatable bonds is 2. The first kappa shape index (κ1) is 12.3. The van der Waals surface area contributed by atoms with E-state index in [-0.39, 0.29) is 17.8 Å². The molecule has 20 heavy (non-hydrogen) atoms. The Hall–Kier alpha value is -2.75. The SMILES string of the molecule is O=C(O)c1ccc2c(c1)C(=O)CC(c1ccccc1)=N2. The Bertz CT molecular complexity index is 733. The number of nitrogens with zero attached hydrogens (tertiary/aromatic N) is 1. The van der Waals surface area contributed by atoms with Crippen LogP contribution in [0.15, 0.2) is 53.5 Å². The number of carboxylic acid groups (broad SMARTS) is 1. The van der Waals surface area contributed by atoms with Crippen molar-refractivity contribution in [2.24, 2.45) is 4.99 Å². The van der Waals surface area contributed by atoms with Crippen LogP contribution < -0.4 is 0 Å². The molecule has 1 aliphatic heterocycles. The first-order valence-corrected chi connectivity index (χ1v) is 6.18. The minimum Gasteiger partial charge on any atom is -0.478 e. The van der Waals surface area contributed by atoms with Crippen LogP contribution in [0.25, 0.3) is 0 Å². The van der Waals surface area contributed by atoms with Gasteiger partial charge in [-0.15, -0.1) is 0 Å². The Morgan fingerprint density at radius 2 is 1.85 bits per heavy atom. The highest BCUT2D eigenvalue weighted by Gasteiger charge is 2.22. The molecule has 0 fully saturated rings. The quantitative estimate of drug-likeness (QED) is 0.907. The van der Waals surface area contributed by atoms with E-state index in [0.29, 0.717) is 17.0 Å². The summed E-state index contributed by atoms with van der Waals surface area (Å²) in [5.41, 5.74) is 2.64. The van der Waals surface area contributed by atoms with Crippen LogP contribution in [0.3, 0.4) is 0 Å². The van der Waals surface area contributed by atoms with Crippen LogP contribution >= 0.6 is 0 Å². The minimum absolute atomic E-state index is 0.100. The highest BCUT2D eigenvalue weighted by atomic mass is 16.4. The molecule has 0 aliphatic carbocycles. The van der Waals surface area contributed by atoms with E-state index in [1.165, 1.54) is 12.1 Å². The van der Waals surface area contributed by atoms with E-state index in [4.69, 9.17) is 5.11 Å². The molecule has 98 valence electrons. The minimum atomic E-state index is -1.04. The molecule has 4 nitrogen and oxygen atoms in total. The van der Waals surface area contributed by atoms with E-state index in [1.807, 2.05) is 30.3 Å². The second kappa shape index (κ2) is 4.74. The number of Topliss-reactive ketones (excluding diaryl/α,β-unsaturated/α-hetero) is 1. The molecule has 0 saturated heterocycles. The molecular formula is C16H11NO3. The van der Waals surface area contributed by atoms with Gasteiger partial charge in [-0.05, 0) is 23.8 Å². The Kier molecular flexibility index (Phi) is 2.91. The number of aliphatic imine (C=N–C) groups is 1. The van der Waals surface area contributed by atoms with Gasteiger partial charge in [0.15, 0.2) is 5.78 Å². The van der Waals surface area contributed by atoms with Crippen LogP contribution in [0, 0.1) is 0 Å². The number of carbonyl (C=O) groups excluding carboxylic acids is 1. The van der Waals surface area contributed by atoms with Crippen molar-refractivity contribution in [3.05, 3.63) is 65.2 Å². The zero-order valence-corrected chi connectivity index (χ0v) is 10.5. The Labute approximate surface area is 115 Å². The van der Waals surface area contributed by atoms with Crippen molar-refractivity contribution in [3.8, 4) is 0 Å². The number of hydrogen-bond acceptors (Lipinski definition) is 3. The number of benzene rings is 2. The normalized spacial score (nSPS) is 13.6. The third-order valence-corrected chi connectivity index (χ3v) is 3.23. The molecule has 0 radical (unpaired) electrons. The largest absolute Gasteiger partial charge is 0.478 e. The number of fused-ring (bicyclic) bond motifs is 1. The Balaban J connectivity index is 2.09. The van der Waals surface area contributed by atoms with Gasteiger partial charge in [-0.1, -0.05) is 30.3 Å². The summed E-state index contributed by atoms with van der Waals surface area (Å²) in [5.74, 6) is -1.14. The summed E-state index contributed by atoms with van der Waals surface area (Å²) in [6.45, 7) is 0. The zero-order valence-electron chi connectivity index (χ0n) is 10.5. The third-order valence-electron chi connectivity index (χ3n) is 3.23. The monoisotopic (exact) mass is 265 g/mol. The van der Waals surface area contributed by atoms with E-state index in [1.54, 1.807) is 6.07 Å². The molecule has 2 aromatic rings. The number of carboxylic acids is 1. The van der Waals surface area contributed by atoms with Gasteiger partial charge >= 0.3 is 5.97 Å². The lowest BCUT2D eigenvalue weighted by atomic mass is 9.95. The smallest absolute Gasteiger partial charge is 0.335 e. The Morgan fingerprint density at radius 1 is 1.10 bits per heavy atom. The maximum absolute atomic E-state index is 12.2. The predicted molar refractivity (Wildman–Crippen MR) is 75.0 cm³/mol. The van der Waals surface area contributed by atoms with Crippen molar-refractivity contribution in [3.63, 3.8) is 0 Å². The van der Waals surface area contributed by atoms with Gasteiger partial charge in [-0.3, -0.25) is 9.79 Å². The van der Waals surface area contributed by atoms with E-state index in [9.17, 15) is 9.59 Å². The molecule has 0 amide bonds. The van der Waals surface area contributed by atoms with Crippen molar-refractivity contribution in [2.75, 3.05) is 0 Å². The lowest BCUT2D eigenvalue weighted by Crippen LogP contribution is -2.15. The fourth-order valence-corrected chi connectivity index (χ4v) is 2.22. The van der Waals surface area contributed by atoms with Crippen LogP contribution in [0.5, 0.6) is 0 Å². The molecule has 0 aromatic heterocycles. The summed E-state index contributed by atoms with van der Waals surface area (Å²) in [6.07, 6.45) is 0.195. The average Bonchev–Trinajstić information content (AvgIpc) is 2.47. The van der Waals surface area contributed by atoms with Crippen molar-refractivity contribution in [2.45, 2.75) is 6.42 Å². The molecule has 0 bridgehead atoms. The van der Waals surface area contributed by atoms with E-state index in [2.05, 4.69) is 4.99 Å². The first-order valence-electron chi connectivity index (χ1n) is 6.18. The van der Waals surface area contributed by atoms with E-state index in [0.717, 1.165) is 5.56 Å². The highest BCUT2D eigenvalue weighted by molar-refractivity contribution is 6.21. The predicted octanol–water partition coefficient (Wildman–Crippen LogP) is 3.09. The molecule has 0 unspecified atom stereocenters. The van der Waals surface area contributed by atoms with Crippen LogP contribution in [-0.2, 0) is 0 Å². The second-order valence-corrected chi connectivity index (χ2v) is 4.56. The summed E-state index contributed by atoms with van der Waals surface area (Å²) in [5, 5.41) is 8.96.